The Balaban J connectivity index is 2.02. The van der Waals surface area contributed by atoms with Gasteiger partial charge in [0, 0.05) is 19.6 Å². The Bertz CT molecular complexity index is 345. The van der Waals surface area contributed by atoms with Crippen molar-refractivity contribution in [2.75, 3.05) is 6.54 Å². The minimum atomic E-state index is -0.399. The second-order valence-corrected chi connectivity index (χ2v) is 4.06. The number of hydrogen-bond acceptors (Lipinski definition) is 2. The Kier molecular flexibility index (Phi) is 2.72. The van der Waals surface area contributed by atoms with Crippen LogP contribution in [0.15, 0.2) is 24.3 Å². The number of alkyl halides is 1. The van der Waals surface area contributed by atoms with E-state index in [1.54, 1.807) is 0 Å². The monoisotopic (exact) mass is 206 g/mol. The summed E-state index contributed by atoms with van der Waals surface area (Å²) in [5.41, 5.74) is 2.71. The van der Waals surface area contributed by atoms with Crippen LogP contribution in [0.4, 0.5) is 0 Å². The van der Waals surface area contributed by atoms with Crippen LogP contribution in [0.2, 0.25) is 0 Å². The van der Waals surface area contributed by atoms with Crippen molar-refractivity contribution in [1.82, 2.24) is 4.90 Å². The van der Waals surface area contributed by atoms with Crippen molar-refractivity contribution >= 4 is 11.6 Å². The molecule has 0 aliphatic carbocycles. The van der Waals surface area contributed by atoms with E-state index in [0.717, 1.165) is 13.1 Å². The molecule has 1 aromatic rings. The minimum absolute atomic E-state index is 0.399. The van der Waals surface area contributed by atoms with Gasteiger partial charge < -0.3 is 0 Å². The van der Waals surface area contributed by atoms with Gasteiger partial charge in [-0.25, -0.2) is 0 Å². The molecule has 1 aliphatic rings. The first kappa shape index (κ1) is 9.51. The highest BCUT2D eigenvalue weighted by atomic mass is 35.5. The predicted molar refractivity (Wildman–Crippen MR) is 55.8 cm³/mol. The quantitative estimate of drug-likeness (QED) is 0.694. The molecule has 1 heterocycles. The van der Waals surface area contributed by atoms with E-state index < -0.39 is 5.38 Å². The van der Waals surface area contributed by atoms with E-state index in [1.807, 2.05) is 18.2 Å². The molecule has 0 saturated heterocycles. The van der Waals surface area contributed by atoms with Crippen LogP contribution in [0.1, 0.15) is 11.1 Å². The lowest BCUT2D eigenvalue weighted by Gasteiger charge is -2.14. The maximum Gasteiger partial charge on any atom is 0.133 e. The van der Waals surface area contributed by atoms with Crippen LogP contribution in [-0.2, 0) is 13.1 Å². The van der Waals surface area contributed by atoms with E-state index in [2.05, 4.69) is 17.0 Å². The molecule has 0 N–H and O–H groups in total. The highest BCUT2D eigenvalue weighted by Crippen LogP contribution is 2.22. The fourth-order valence-corrected chi connectivity index (χ4v) is 2.00. The number of benzene rings is 1. The standard InChI is InChI=1S/C11H11ClN2/c12-11(5-13)8-14-6-9-3-1-2-4-10(9)7-14/h1-4,11H,6-8H2. The summed E-state index contributed by atoms with van der Waals surface area (Å²) in [6, 6.07) is 10.4. The van der Waals surface area contributed by atoms with Crippen LogP contribution in [-0.4, -0.2) is 16.8 Å². The lowest BCUT2D eigenvalue weighted by atomic mass is 10.1. The van der Waals surface area contributed by atoms with Gasteiger partial charge in [-0.1, -0.05) is 24.3 Å². The number of nitrogens with zero attached hydrogens (tertiary/aromatic N) is 2. The van der Waals surface area contributed by atoms with Crippen LogP contribution in [0.5, 0.6) is 0 Å². The van der Waals surface area contributed by atoms with Crippen molar-refractivity contribution in [3.05, 3.63) is 35.4 Å². The molecule has 2 rings (SSSR count). The van der Waals surface area contributed by atoms with Crippen LogP contribution in [0, 0.1) is 11.3 Å². The van der Waals surface area contributed by atoms with E-state index in [0.29, 0.717) is 6.54 Å². The molecule has 1 aromatic carbocycles. The molecule has 0 spiro atoms. The SMILES string of the molecule is N#CC(Cl)CN1Cc2ccccc2C1. The Morgan fingerprint density at radius 1 is 1.36 bits per heavy atom. The predicted octanol–water partition coefficient (Wildman–Crippen LogP) is 2.13. The maximum absolute atomic E-state index is 8.60. The third kappa shape index (κ3) is 1.89. The van der Waals surface area contributed by atoms with Gasteiger partial charge in [0.15, 0.2) is 0 Å². The van der Waals surface area contributed by atoms with Crippen molar-refractivity contribution in [3.63, 3.8) is 0 Å². The van der Waals surface area contributed by atoms with Crippen molar-refractivity contribution < 1.29 is 0 Å². The Morgan fingerprint density at radius 3 is 2.43 bits per heavy atom. The summed E-state index contributed by atoms with van der Waals surface area (Å²) in [7, 11) is 0. The summed E-state index contributed by atoms with van der Waals surface area (Å²) in [6.07, 6.45) is 0. The zero-order valence-electron chi connectivity index (χ0n) is 7.78. The van der Waals surface area contributed by atoms with Crippen LogP contribution in [0.3, 0.4) is 0 Å². The highest BCUT2D eigenvalue weighted by molar-refractivity contribution is 6.22. The molecule has 3 heteroatoms. The number of nitriles is 1. The first-order valence-electron chi connectivity index (χ1n) is 4.62. The molecular weight excluding hydrogens is 196 g/mol. The lowest BCUT2D eigenvalue weighted by molar-refractivity contribution is 0.293. The summed E-state index contributed by atoms with van der Waals surface area (Å²) < 4.78 is 0. The molecule has 1 aliphatic heterocycles. The fourth-order valence-electron chi connectivity index (χ4n) is 1.80. The van der Waals surface area contributed by atoms with Gasteiger partial charge in [-0.3, -0.25) is 4.90 Å². The Morgan fingerprint density at radius 2 is 1.93 bits per heavy atom. The Labute approximate surface area is 88.7 Å². The molecule has 0 amide bonds. The van der Waals surface area contributed by atoms with Crippen LogP contribution in [0.25, 0.3) is 0 Å². The van der Waals surface area contributed by atoms with Gasteiger partial charge in [0.25, 0.3) is 0 Å². The second-order valence-electron chi connectivity index (χ2n) is 3.53. The lowest BCUT2D eigenvalue weighted by Crippen LogP contribution is -2.23. The van der Waals surface area contributed by atoms with E-state index >= 15 is 0 Å². The molecule has 2 nitrogen and oxygen atoms in total. The van der Waals surface area contributed by atoms with Gasteiger partial charge in [0.1, 0.15) is 5.38 Å². The molecule has 72 valence electrons. The average Bonchev–Trinajstić information content (AvgIpc) is 2.59. The van der Waals surface area contributed by atoms with Gasteiger partial charge in [0.05, 0.1) is 6.07 Å². The molecule has 0 saturated carbocycles. The number of halogens is 1. The minimum Gasteiger partial charge on any atom is -0.292 e. The summed E-state index contributed by atoms with van der Waals surface area (Å²) in [6.45, 7) is 2.48. The van der Waals surface area contributed by atoms with Gasteiger partial charge in [0.2, 0.25) is 0 Å². The average molecular weight is 207 g/mol. The number of rotatable bonds is 2. The van der Waals surface area contributed by atoms with E-state index in [1.165, 1.54) is 11.1 Å². The molecule has 0 bridgehead atoms. The molecular formula is C11H11ClN2. The largest absolute Gasteiger partial charge is 0.292 e. The van der Waals surface area contributed by atoms with Gasteiger partial charge >= 0.3 is 0 Å². The summed E-state index contributed by atoms with van der Waals surface area (Å²) in [5, 5.41) is 8.20. The normalized spacial score (nSPS) is 17.4. The summed E-state index contributed by atoms with van der Waals surface area (Å²) in [4.78, 5) is 2.20. The smallest absolute Gasteiger partial charge is 0.133 e. The maximum atomic E-state index is 8.60. The topological polar surface area (TPSA) is 27.0 Å². The zero-order chi connectivity index (χ0) is 9.97. The van der Waals surface area contributed by atoms with Crippen LogP contribution < -0.4 is 0 Å². The fraction of sp³-hybridized carbons (Fsp3) is 0.364. The van der Waals surface area contributed by atoms with E-state index in [-0.39, 0.29) is 0 Å². The van der Waals surface area contributed by atoms with Gasteiger partial charge in [-0.05, 0) is 11.1 Å². The van der Waals surface area contributed by atoms with Crippen LogP contribution >= 0.6 is 11.6 Å². The molecule has 0 fully saturated rings. The molecule has 14 heavy (non-hydrogen) atoms. The van der Waals surface area contributed by atoms with Gasteiger partial charge in [-0.15, -0.1) is 11.6 Å². The summed E-state index contributed by atoms with van der Waals surface area (Å²) >= 11 is 5.79. The Hall–Kier alpha value is -1.04. The van der Waals surface area contributed by atoms with Crippen molar-refractivity contribution in [3.8, 4) is 6.07 Å². The molecule has 1 unspecified atom stereocenters. The third-order valence-electron chi connectivity index (χ3n) is 2.46. The summed E-state index contributed by atoms with van der Waals surface area (Å²) in [5.74, 6) is 0. The first-order valence-corrected chi connectivity index (χ1v) is 5.06. The second kappa shape index (κ2) is 4.00. The van der Waals surface area contributed by atoms with Crippen molar-refractivity contribution in [2.45, 2.75) is 18.5 Å². The van der Waals surface area contributed by atoms with Crippen molar-refractivity contribution in [2.24, 2.45) is 0 Å². The zero-order valence-corrected chi connectivity index (χ0v) is 8.54. The molecule has 0 radical (unpaired) electrons. The molecule has 0 aromatic heterocycles. The highest BCUT2D eigenvalue weighted by Gasteiger charge is 2.19. The van der Waals surface area contributed by atoms with E-state index in [9.17, 15) is 0 Å². The van der Waals surface area contributed by atoms with E-state index in [4.69, 9.17) is 16.9 Å². The molecule has 1 atom stereocenters. The number of hydrogen-bond donors (Lipinski definition) is 0. The first-order chi connectivity index (χ1) is 6.79. The number of fused-ring (bicyclic) bond motifs is 1. The van der Waals surface area contributed by atoms with Gasteiger partial charge in [-0.2, -0.15) is 5.26 Å². The van der Waals surface area contributed by atoms with Crippen molar-refractivity contribution in [1.29, 1.82) is 5.26 Å². The third-order valence-corrected chi connectivity index (χ3v) is 2.70.